The SMILES string of the molecule is COC1CSCC1N. The predicted molar refractivity (Wildman–Crippen MR) is 36.1 cm³/mol. The Bertz CT molecular complexity index is 78.8. The Morgan fingerprint density at radius 2 is 2.38 bits per heavy atom. The molecule has 0 aromatic heterocycles. The Morgan fingerprint density at radius 3 is 2.62 bits per heavy atom. The molecule has 0 amide bonds. The van der Waals surface area contributed by atoms with E-state index in [4.69, 9.17) is 10.5 Å². The van der Waals surface area contributed by atoms with Crippen LogP contribution in [-0.4, -0.2) is 30.8 Å². The molecule has 1 fully saturated rings. The number of nitrogens with two attached hydrogens (primary N) is 1. The zero-order valence-electron chi connectivity index (χ0n) is 4.96. The second kappa shape index (κ2) is 2.71. The number of methoxy groups -OCH3 is 1. The summed E-state index contributed by atoms with van der Waals surface area (Å²) in [6, 6.07) is 0.269. The lowest BCUT2D eigenvalue weighted by Crippen LogP contribution is -2.34. The zero-order valence-corrected chi connectivity index (χ0v) is 5.78. The second-order valence-corrected chi connectivity index (χ2v) is 3.05. The summed E-state index contributed by atoms with van der Waals surface area (Å²) in [4.78, 5) is 0. The molecule has 8 heavy (non-hydrogen) atoms. The summed E-state index contributed by atoms with van der Waals surface area (Å²) in [5.41, 5.74) is 5.64. The Labute approximate surface area is 53.8 Å². The highest BCUT2D eigenvalue weighted by Crippen LogP contribution is 2.18. The molecule has 1 aliphatic heterocycles. The van der Waals surface area contributed by atoms with Crippen LogP contribution in [0.15, 0.2) is 0 Å². The van der Waals surface area contributed by atoms with Crippen LogP contribution in [-0.2, 0) is 4.74 Å². The van der Waals surface area contributed by atoms with Crippen LogP contribution in [0, 0.1) is 0 Å². The van der Waals surface area contributed by atoms with Crippen molar-refractivity contribution in [1.82, 2.24) is 0 Å². The maximum Gasteiger partial charge on any atom is 0.0820 e. The molecule has 1 heterocycles. The molecule has 48 valence electrons. The van der Waals surface area contributed by atoms with Gasteiger partial charge in [0.1, 0.15) is 0 Å². The van der Waals surface area contributed by atoms with Crippen LogP contribution in [0.5, 0.6) is 0 Å². The van der Waals surface area contributed by atoms with Crippen LogP contribution in [0.1, 0.15) is 0 Å². The van der Waals surface area contributed by atoms with Crippen molar-refractivity contribution in [3.8, 4) is 0 Å². The van der Waals surface area contributed by atoms with Gasteiger partial charge in [0.15, 0.2) is 0 Å². The minimum Gasteiger partial charge on any atom is -0.379 e. The van der Waals surface area contributed by atoms with Gasteiger partial charge in [-0.1, -0.05) is 0 Å². The van der Waals surface area contributed by atoms with Crippen LogP contribution >= 0.6 is 11.8 Å². The highest BCUT2D eigenvalue weighted by atomic mass is 32.2. The Hall–Kier alpha value is 0.270. The molecule has 0 saturated carbocycles. The first-order valence-corrected chi connectivity index (χ1v) is 3.86. The quantitative estimate of drug-likeness (QED) is 0.550. The molecule has 2 nitrogen and oxygen atoms in total. The van der Waals surface area contributed by atoms with Crippen molar-refractivity contribution in [2.45, 2.75) is 12.1 Å². The second-order valence-electron chi connectivity index (χ2n) is 1.98. The van der Waals surface area contributed by atoms with Gasteiger partial charge in [-0.15, -0.1) is 0 Å². The van der Waals surface area contributed by atoms with E-state index in [0.717, 1.165) is 11.5 Å². The van der Waals surface area contributed by atoms with Crippen LogP contribution in [0.25, 0.3) is 0 Å². The molecule has 0 aromatic rings. The van der Waals surface area contributed by atoms with Gasteiger partial charge in [-0.05, 0) is 0 Å². The van der Waals surface area contributed by atoms with E-state index in [1.165, 1.54) is 0 Å². The number of hydrogen-bond donors (Lipinski definition) is 1. The third-order valence-corrected chi connectivity index (χ3v) is 2.56. The average Bonchev–Trinajstić information content (AvgIpc) is 2.14. The Kier molecular flexibility index (Phi) is 2.16. The standard InChI is InChI=1S/C5H11NOS/c1-7-5-3-8-2-4(5)6/h4-5H,2-3,6H2,1H3. The van der Waals surface area contributed by atoms with E-state index in [2.05, 4.69) is 0 Å². The minimum absolute atomic E-state index is 0.269. The zero-order chi connectivity index (χ0) is 5.98. The summed E-state index contributed by atoms with van der Waals surface area (Å²) in [5.74, 6) is 2.12. The number of rotatable bonds is 1. The molecule has 2 unspecified atom stereocenters. The molecule has 2 atom stereocenters. The molecule has 1 aliphatic rings. The number of ether oxygens (including phenoxy) is 1. The van der Waals surface area contributed by atoms with E-state index in [1.54, 1.807) is 7.11 Å². The van der Waals surface area contributed by atoms with E-state index >= 15 is 0 Å². The fraction of sp³-hybridized carbons (Fsp3) is 1.00. The first-order chi connectivity index (χ1) is 3.84. The lowest BCUT2D eigenvalue weighted by molar-refractivity contribution is 0.111. The van der Waals surface area contributed by atoms with E-state index in [-0.39, 0.29) is 6.04 Å². The Morgan fingerprint density at radius 1 is 1.62 bits per heavy atom. The van der Waals surface area contributed by atoms with E-state index < -0.39 is 0 Å². The van der Waals surface area contributed by atoms with Gasteiger partial charge >= 0.3 is 0 Å². The van der Waals surface area contributed by atoms with Crippen molar-refractivity contribution in [3.63, 3.8) is 0 Å². The molecule has 0 radical (unpaired) electrons. The molecular weight excluding hydrogens is 122 g/mol. The van der Waals surface area contributed by atoms with Gasteiger partial charge in [-0.3, -0.25) is 0 Å². The molecule has 0 aliphatic carbocycles. The number of thioether (sulfide) groups is 1. The molecule has 1 rings (SSSR count). The lowest BCUT2D eigenvalue weighted by atomic mass is 10.2. The maximum absolute atomic E-state index is 5.64. The van der Waals surface area contributed by atoms with Crippen LogP contribution in [0.3, 0.4) is 0 Å². The normalized spacial score (nSPS) is 38.2. The van der Waals surface area contributed by atoms with E-state index in [1.807, 2.05) is 11.8 Å². The summed E-state index contributed by atoms with van der Waals surface area (Å²) in [6.07, 6.45) is 0.306. The van der Waals surface area contributed by atoms with Crippen molar-refractivity contribution in [2.75, 3.05) is 18.6 Å². The van der Waals surface area contributed by atoms with E-state index in [9.17, 15) is 0 Å². The summed E-state index contributed by atoms with van der Waals surface area (Å²) in [7, 11) is 1.72. The van der Waals surface area contributed by atoms with Crippen molar-refractivity contribution < 1.29 is 4.74 Å². The fourth-order valence-corrected chi connectivity index (χ4v) is 2.03. The summed E-state index contributed by atoms with van der Waals surface area (Å²) in [5, 5.41) is 0. The van der Waals surface area contributed by atoms with Gasteiger partial charge < -0.3 is 10.5 Å². The predicted octanol–water partition coefficient (Wildman–Crippen LogP) is 0.0755. The van der Waals surface area contributed by atoms with Gasteiger partial charge in [0.25, 0.3) is 0 Å². The van der Waals surface area contributed by atoms with Crippen LogP contribution in [0.4, 0.5) is 0 Å². The molecule has 0 aromatic carbocycles. The van der Waals surface area contributed by atoms with Gasteiger partial charge in [-0.2, -0.15) is 11.8 Å². The lowest BCUT2D eigenvalue weighted by Gasteiger charge is -2.10. The van der Waals surface area contributed by atoms with Gasteiger partial charge in [-0.25, -0.2) is 0 Å². The van der Waals surface area contributed by atoms with Crippen molar-refractivity contribution >= 4 is 11.8 Å². The van der Waals surface area contributed by atoms with Crippen LogP contribution < -0.4 is 5.73 Å². The minimum atomic E-state index is 0.269. The third-order valence-electron chi connectivity index (χ3n) is 1.37. The fourth-order valence-electron chi connectivity index (χ4n) is 0.794. The van der Waals surface area contributed by atoms with Gasteiger partial charge in [0.2, 0.25) is 0 Å². The molecule has 3 heteroatoms. The summed E-state index contributed by atoms with van der Waals surface area (Å²) in [6.45, 7) is 0. The smallest absolute Gasteiger partial charge is 0.0820 e. The van der Waals surface area contributed by atoms with E-state index in [0.29, 0.717) is 6.10 Å². The van der Waals surface area contributed by atoms with Gasteiger partial charge in [0, 0.05) is 24.7 Å². The van der Waals surface area contributed by atoms with Crippen molar-refractivity contribution in [2.24, 2.45) is 5.73 Å². The topological polar surface area (TPSA) is 35.2 Å². The molecule has 0 spiro atoms. The van der Waals surface area contributed by atoms with Crippen molar-refractivity contribution in [3.05, 3.63) is 0 Å². The monoisotopic (exact) mass is 133 g/mol. The Balaban J connectivity index is 2.30. The highest BCUT2D eigenvalue weighted by Gasteiger charge is 2.23. The molecular formula is C5H11NOS. The third kappa shape index (κ3) is 1.16. The molecule has 0 bridgehead atoms. The highest BCUT2D eigenvalue weighted by molar-refractivity contribution is 7.99. The summed E-state index contributed by atoms with van der Waals surface area (Å²) < 4.78 is 5.08. The molecule has 1 saturated heterocycles. The van der Waals surface area contributed by atoms with Crippen molar-refractivity contribution in [1.29, 1.82) is 0 Å². The first-order valence-electron chi connectivity index (χ1n) is 2.70. The van der Waals surface area contributed by atoms with Gasteiger partial charge in [0.05, 0.1) is 6.10 Å². The summed E-state index contributed by atoms with van der Waals surface area (Å²) >= 11 is 1.86. The van der Waals surface area contributed by atoms with Crippen LogP contribution in [0.2, 0.25) is 0 Å². The average molecular weight is 133 g/mol. The molecule has 2 N–H and O–H groups in total. The largest absolute Gasteiger partial charge is 0.379 e. The number of hydrogen-bond acceptors (Lipinski definition) is 3. The maximum atomic E-state index is 5.64. The first kappa shape index (κ1) is 6.39.